The van der Waals surface area contributed by atoms with Crippen LogP contribution in [0.15, 0.2) is 65.7 Å². The molecule has 92 valence electrons. The molecule has 1 aliphatic rings. The summed E-state index contributed by atoms with van der Waals surface area (Å²) in [5.41, 5.74) is 1.90. The number of ether oxygens (including phenoxy) is 1. The van der Waals surface area contributed by atoms with Gasteiger partial charge < -0.3 is 4.74 Å². The Hall–Kier alpha value is -2.60. The minimum Gasteiger partial charge on any atom is -0.456 e. The Morgan fingerprint density at radius 3 is 2.21 bits per heavy atom. The van der Waals surface area contributed by atoms with E-state index in [1.165, 1.54) is 0 Å². The minimum absolute atomic E-state index is 0.249. The van der Waals surface area contributed by atoms with E-state index in [2.05, 4.69) is 11.1 Å². The largest absolute Gasteiger partial charge is 0.456 e. The Bertz CT molecular complexity index is 629. The van der Waals surface area contributed by atoms with E-state index in [1.54, 1.807) is 0 Å². The standard InChI is InChI=1S/C16H12N2O/c17-11-14-15(12-7-3-1-4-8-12)18-16(19-14)13-9-5-2-6-10-13/h1-10,14-15H/t14-,15-/m1/s1. The Labute approximate surface area is 111 Å². The van der Waals surface area contributed by atoms with Crippen molar-refractivity contribution in [2.45, 2.75) is 12.1 Å². The van der Waals surface area contributed by atoms with Gasteiger partial charge >= 0.3 is 0 Å². The van der Waals surface area contributed by atoms with Crippen molar-refractivity contribution >= 4 is 5.90 Å². The van der Waals surface area contributed by atoms with Crippen molar-refractivity contribution < 1.29 is 4.74 Å². The van der Waals surface area contributed by atoms with Gasteiger partial charge in [0.2, 0.25) is 12.0 Å². The second kappa shape index (κ2) is 4.95. The molecule has 3 rings (SSSR count). The normalized spacial score (nSPS) is 21.3. The van der Waals surface area contributed by atoms with Gasteiger partial charge in [-0.25, -0.2) is 4.99 Å². The van der Waals surface area contributed by atoms with E-state index in [4.69, 9.17) is 4.74 Å². The molecule has 0 amide bonds. The number of benzene rings is 2. The van der Waals surface area contributed by atoms with Crippen LogP contribution in [-0.2, 0) is 4.74 Å². The first-order chi connectivity index (χ1) is 9.38. The van der Waals surface area contributed by atoms with Gasteiger partial charge in [-0.15, -0.1) is 0 Å². The van der Waals surface area contributed by atoms with Crippen LogP contribution >= 0.6 is 0 Å². The lowest BCUT2D eigenvalue weighted by atomic mass is 10.0. The molecule has 2 aromatic carbocycles. The highest BCUT2D eigenvalue weighted by molar-refractivity contribution is 5.95. The molecule has 0 spiro atoms. The van der Waals surface area contributed by atoms with Gasteiger partial charge in [-0.05, 0) is 17.7 Å². The lowest BCUT2D eigenvalue weighted by Crippen LogP contribution is -2.14. The summed E-state index contributed by atoms with van der Waals surface area (Å²) in [6.45, 7) is 0. The maximum Gasteiger partial charge on any atom is 0.218 e. The molecular weight excluding hydrogens is 236 g/mol. The number of nitriles is 1. The van der Waals surface area contributed by atoms with Gasteiger partial charge in [0.15, 0.2) is 0 Å². The van der Waals surface area contributed by atoms with Crippen LogP contribution in [0.3, 0.4) is 0 Å². The molecule has 0 N–H and O–H groups in total. The van der Waals surface area contributed by atoms with E-state index < -0.39 is 6.10 Å². The molecule has 0 aliphatic carbocycles. The summed E-state index contributed by atoms with van der Waals surface area (Å²) in [5, 5.41) is 9.21. The third-order valence-electron chi connectivity index (χ3n) is 3.07. The Morgan fingerprint density at radius 1 is 0.947 bits per heavy atom. The third-order valence-corrected chi connectivity index (χ3v) is 3.07. The van der Waals surface area contributed by atoms with Gasteiger partial charge in [0, 0.05) is 5.56 Å². The number of hydrogen-bond donors (Lipinski definition) is 0. The van der Waals surface area contributed by atoms with Gasteiger partial charge in [-0.3, -0.25) is 0 Å². The second-order valence-electron chi connectivity index (χ2n) is 4.32. The van der Waals surface area contributed by atoms with Crippen molar-refractivity contribution in [3.63, 3.8) is 0 Å². The summed E-state index contributed by atoms with van der Waals surface area (Å²) in [6, 6.07) is 21.4. The average molecular weight is 248 g/mol. The maximum atomic E-state index is 9.21. The van der Waals surface area contributed by atoms with Gasteiger partial charge in [-0.1, -0.05) is 48.5 Å². The van der Waals surface area contributed by atoms with E-state index in [1.807, 2.05) is 60.7 Å². The molecule has 0 unspecified atom stereocenters. The van der Waals surface area contributed by atoms with Crippen molar-refractivity contribution in [3.05, 3.63) is 71.8 Å². The van der Waals surface area contributed by atoms with Gasteiger partial charge in [0.05, 0.1) is 0 Å². The summed E-state index contributed by atoms with van der Waals surface area (Å²) >= 11 is 0. The first-order valence-corrected chi connectivity index (χ1v) is 6.13. The summed E-state index contributed by atoms with van der Waals surface area (Å²) in [6.07, 6.45) is -0.558. The van der Waals surface area contributed by atoms with Crippen LogP contribution in [-0.4, -0.2) is 12.0 Å². The van der Waals surface area contributed by atoms with Crippen LogP contribution in [0.2, 0.25) is 0 Å². The number of nitrogens with zero attached hydrogens (tertiary/aromatic N) is 2. The summed E-state index contributed by atoms with van der Waals surface area (Å²) in [7, 11) is 0. The lowest BCUT2D eigenvalue weighted by molar-refractivity contribution is 0.250. The quantitative estimate of drug-likeness (QED) is 0.819. The van der Waals surface area contributed by atoms with Gasteiger partial charge in [-0.2, -0.15) is 5.26 Å². The third kappa shape index (κ3) is 2.21. The molecule has 1 heterocycles. The highest BCUT2D eigenvalue weighted by atomic mass is 16.5. The Balaban J connectivity index is 1.96. The zero-order chi connectivity index (χ0) is 13.1. The first-order valence-electron chi connectivity index (χ1n) is 6.13. The SMILES string of the molecule is N#C[C@H]1OC(c2ccccc2)=N[C@@H]1c1ccccc1. The zero-order valence-corrected chi connectivity index (χ0v) is 10.2. The molecule has 0 saturated carbocycles. The topological polar surface area (TPSA) is 45.4 Å². The molecular formula is C16H12N2O. The molecule has 0 bridgehead atoms. The van der Waals surface area contributed by atoms with E-state index in [-0.39, 0.29) is 6.04 Å². The molecule has 3 nitrogen and oxygen atoms in total. The minimum atomic E-state index is -0.558. The monoisotopic (exact) mass is 248 g/mol. The highest BCUT2D eigenvalue weighted by Gasteiger charge is 2.32. The molecule has 2 aromatic rings. The molecule has 0 radical (unpaired) electrons. The fraction of sp³-hybridized carbons (Fsp3) is 0.125. The smallest absolute Gasteiger partial charge is 0.218 e. The lowest BCUT2D eigenvalue weighted by Gasteiger charge is -2.10. The van der Waals surface area contributed by atoms with E-state index in [0.717, 1.165) is 11.1 Å². The number of rotatable bonds is 2. The van der Waals surface area contributed by atoms with Crippen LogP contribution in [0.4, 0.5) is 0 Å². The maximum absolute atomic E-state index is 9.21. The summed E-state index contributed by atoms with van der Waals surface area (Å²) < 4.78 is 5.65. The second-order valence-corrected chi connectivity index (χ2v) is 4.32. The van der Waals surface area contributed by atoms with Crippen molar-refractivity contribution in [1.82, 2.24) is 0 Å². The van der Waals surface area contributed by atoms with E-state index in [9.17, 15) is 5.26 Å². The Morgan fingerprint density at radius 2 is 1.58 bits per heavy atom. The van der Waals surface area contributed by atoms with Crippen molar-refractivity contribution in [2.75, 3.05) is 0 Å². The van der Waals surface area contributed by atoms with Gasteiger partial charge in [0.25, 0.3) is 0 Å². The molecule has 3 heteroatoms. The zero-order valence-electron chi connectivity index (χ0n) is 10.2. The molecule has 1 aliphatic heterocycles. The van der Waals surface area contributed by atoms with Crippen LogP contribution in [0.1, 0.15) is 17.2 Å². The van der Waals surface area contributed by atoms with Crippen LogP contribution in [0, 0.1) is 11.3 Å². The van der Waals surface area contributed by atoms with Crippen molar-refractivity contribution in [2.24, 2.45) is 4.99 Å². The van der Waals surface area contributed by atoms with Crippen molar-refractivity contribution in [3.8, 4) is 6.07 Å². The predicted molar refractivity (Wildman–Crippen MR) is 72.6 cm³/mol. The average Bonchev–Trinajstić information content (AvgIpc) is 2.93. The summed E-state index contributed by atoms with van der Waals surface area (Å²) in [5.74, 6) is 0.543. The number of hydrogen-bond acceptors (Lipinski definition) is 3. The fourth-order valence-corrected chi connectivity index (χ4v) is 2.13. The summed E-state index contributed by atoms with van der Waals surface area (Å²) in [4.78, 5) is 4.55. The van der Waals surface area contributed by atoms with E-state index >= 15 is 0 Å². The highest BCUT2D eigenvalue weighted by Crippen LogP contribution is 2.30. The van der Waals surface area contributed by atoms with Crippen LogP contribution in [0.25, 0.3) is 0 Å². The molecule has 0 aromatic heterocycles. The van der Waals surface area contributed by atoms with E-state index in [0.29, 0.717) is 5.90 Å². The van der Waals surface area contributed by atoms with Crippen LogP contribution < -0.4 is 0 Å². The van der Waals surface area contributed by atoms with Crippen molar-refractivity contribution in [1.29, 1.82) is 5.26 Å². The first kappa shape index (κ1) is 11.5. The molecule has 0 fully saturated rings. The molecule has 2 atom stereocenters. The van der Waals surface area contributed by atoms with Gasteiger partial charge in [0.1, 0.15) is 12.1 Å². The Kier molecular flexibility index (Phi) is 2.99. The molecule has 19 heavy (non-hydrogen) atoms. The number of aliphatic imine (C=N–C) groups is 1. The fourth-order valence-electron chi connectivity index (χ4n) is 2.13. The van der Waals surface area contributed by atoms with Crippen LogP contribution in [0.5, 0.6) is 0 Å². The molecule has 0 saturated heterocycles. The predicted octanol–water partition coefficient (Wildman–Crippen LogP) is 3.10.